The van der Waals surface area contributed by atoms with Gasteiger partial charge in [-0.15, -0.1) is 0 Å². The van der Waals surface area contributed by atoms with Gasteiger partial charge in [0.2, 0.25) is 0 Å². The summed E-state index contributed by atoms with van der Waals surface area (Å²) in [5.74, 6) is -0.639. The van der Waals surface area contributed by atoms with Crippen molar-refractivity contribution in [2.75, 3.05) is 51.3 Å². The number of sulfone groups is 1. The van der Waals surface area contributed by atoms with Gasteiger partial charge in [-0.3, -0.25) is 9.59 Å². The molecule has 1 saturated heterocycles. The fourth-order valence-corrected chi connectivity index (χ4v) is 5.30. The second-order valence-corrected chi connectivity index (χ2v) is 10.3. The third kappa shape index (κ3) is 7.11. The molecule has 0 aromatic heterocycles. The fourth-order valence-electron chi connectivity index (χ4n) is 3.53. The number of carbonyl (C=O) groups excluding carboxylic acids is 3. The first kappa shape index (κ1) is 26.8. The Morgan fingerprint density at radius 1 is 1.00 bits per heavy atom. The average molecular weight is 521 g/mol. The number of nitrogens with zero attached hydrogens (tertiary/aromatic N) is 1. The van der Waals surface area contributed by atoms with Crippen LogP contribution < -0.4 is 19.5 Å². The van der Waals surface area contributed by atoms with Gasteiger partial charge in [0.05, 0.1) is 31.3 Å². The molecule has 0 aliphatic carbocycles. The van der Waals surface area contributed by atoms with Crippen LogP contribution in [0.4, 0.5) is 5.69 Å². The SMILES string of the molecule is COc1ccc(NC(=O)COc2ccc(C(=O)OCC(=O)N(C)[C@H]3CCS(=O)(=O)C3)cc2OC)cc1. The topological polar surface area (TPSA) is 138 Å². The first-order chi connectivity index (χ1) is 17.1. The fraction of sp³-hybridized carbons (Fsp3) is 0.375. The Morgan fingerprint density at radius 2 is 1.72 bits per heavy atom. The summed E-state index contributed by atoms with van der Waals surface area (Å²) in [4.78, 5) is 38.3. The zero-order chi connectivity index (χ0) is 26.3. The quantitative estimate of drug-likeness (QED) is 0.462. The number of hydrogen-bond acceptors (Lipinski definition) is 9. The summed E-state index contributed by atoms with van der Waals surface area (Å²) in [6, 6.07) is 10.6. The van der Waals surface area contributed by atoms with Crippen molar-refractivity contribution in [1.29, 1.82) is 0 Å². The number of benzene rings is 2. The minimum Gasteiger partial charge on any atom is -0.497 e. The number of amides is 2. The van der Waals surface area contributed by atoms with Gasteiger partial charge in [-0.05, 0) is 48.9 Å². The lowest BCUT2D eigenvalue weighted by Crippen LogP contribution is -2.40. The van der Waals surface area contributed by atoms with Gasteiger partial charge in [0.15, 0.2) is 34.6 Å². The Labute approximate surface area is 209 Å². The van der Waals surface area contributed by atoms with E-state index < -0.39 is 40.3 Å². The van der Waals surface area contributed by atoms with Gasteiger partial charge in [0.1, 0.15) is 5.75 Å². The van der Waals surface area contributed by atoms with Gasteiger partial charge in [0, 0.05) is 18.8 Å². The summed E-state index contributed by atoms with van der Waals surface area (Å²) in [6.07, 6.45) is 0.356. The standard InChI is InChI=1S/C24H28N2O9S/c1-26(18-10-11-36(30,31)15-18)23(28)14-35-24(29)16-4-9-20(21(12-16)33-3)34-13-22(27)25-17-5-7-19(32-2)8-6-17/h4-9,12,18H,10-11,13-15H2,1-3H3,(H,25,27)/t18-/m0/s1. The first-order valence-corrected chi connectivity index (χ1v) is 12.8. The number of ether oxygens (including phenoxy) is 4. The molecule has 0 spiro atoms. The van der Waals surface area contributed by atoms with E-state index in [4.69, 9.17) is 18.9 Å². The first-order valence-electron chi connectivity index (χ1n) is 11.0. The zero-order valence-electron chi connectivity index (χ0n) is 20.2. The number of esters is 1. The van der Waals surface area contributed by atoms with E-state index in [1.807, 2.05) is 0 Å². The maximum Gasteiger partial charge on any atom is 0.338 e. The number of anilines is 1. The molecule has 36 heavy (non-hydrogen) atoms. The molecule has 1 N–H and O–H groups in total. The molecule has 1 aliphatic rings. The van der Waals surface area contributed by atoms with Crippen molar-refractivity contribution in [3.05, 3.63) is 48.0 Å². The van der Waals surface area contributed by atoms with Crippen LogP contribution in [-0.2, 0) is 24.2 Å². The van der Waals surface area contributed by atoms with Crippen LogP contribution in [0.2, 0.25) is 0 Å². The summed E-state index contributed by atoms with van der Waals surface area (Å²) in [5.41, 5.74) is 0.685. The lowest BCUT2D eigenvalue weighted by Gasteiger charge is -2.23. The third-order valence-corrected chi connectivity index (χ3v) is 7.36. The van der Waals surface area contributed by atoms with E-state index in [9.17, 15) is 22.8 Å². The largest absolute Gasteiger partial charge is 0.497 e. The molecule has 1 heterocycles. The van der Waals surface area contributed by atoms with Crippen molar-refractivity contribution in [3.8, 4) is 17.2 Å². The summed E-state index contributed by atoms with van der Waals surface area (Å²) in [5, 5.41) is 2.69. The summed E-state index contributed by atoms with van der Waals surface area (Å²) in [6.45, 7) is -0.831. The number of methoxy groups -OCH3 is 2. The lowest BCUT2D eigenvalue weighted by atomic mass is 10.2. The molecule has 11 nitrogen and oxygen atoms in total. The highest BCUT2D eigenvalue weighted by molar-refractivity contribution is 7.91. The minimum absolute atomic E-state index is 0.0342. The number of carbonyl (C=O) groups is 3. The maximum atomic E-state index is 12.4. The Morgan fingerprint density at radius 3 is 2.33 bits per heavy atom. The van der Waals surface area contributed by atoms with Gasteiger partial charge < -0.3 is 29.2 Å². The van der Waals surface area contributed by atoms with Gasteiger partial charge in [-0.25, -0.2) is 13.2 Å². The predicted molar refractivity (Wildman–Crippen MR) is 130 cm³/mol. The molecule has 0 bridgehead atoms. The second-order valence-electron chi connectivity index (χ2n) is 8.07. The molecule has 12 heteroatoms. The molecule has 2 aromatic carbocycles. The summed E-state index contributed by atoms with van der Waals surface area (Å²) >= 11 is 0. The highest BCUT2D eigenvalue weighted by Crippen LogP contribution is 2.28. The molecule has 1 fully saturated rings. The molecule has 1 atom stereocenters. The van der Waals surface area contributed by atoms with Crippen LogP contribution in [0.1, 0.15) is 16.8 Å². The highest BCUT2D eigenvalue weighted by atomic mass is 32.2. The smallest absolute Gasteiger partial charge is 0.338 e. The Bertz CT molecular complexity index is 1210. The van der Waals surface area contributed by atoms with Crippen LogP contribution in [0.5, 0.6) is 17.2 Å². The average Bonchev–Trinajstić information content (AvgIpc) is 3.25. The van der Waals surface area contributed by atoms with Crippen molar-refractivity contribution in [2.24, 2.45) is 0 Å². The van der Waals surface area contributed by atoms with Crippen molar-refractivity contribution >= 4 is 33.3 Å². The molecule has 194 valence electrons. The van der Waals surface area contributed by atoms with Crippen LogP contribution in [0, 0.1) is 0 Å². The van der Waals surface area contributed by atoms with Gasteiger partial charge in [-0.2, -0.15) is 0 Å². The van der Waals surface area contributed by atoms with Crippen molar-refractivity contribution in [1.82, 2.24) is 4.90 Å². The van der Waals surface area contributed by atoms with E-state index in [2.05, 4.69) is 5.32 Å². The molecular weight excluding hydrogens is 492 g/mol. The van der Waals surface area contributed by atoms with Gasteiger partial charge in [0.25, 0.3) is 11.8 Å². The van der Waals surface area contributed by atoms with Crippen molar-refractivity contribution < 1.29 is 41.7 Å². The number of likely N-dealkylation sites (N-methyl/N-ethyl adjacent to an activating group) is 1. The third-order valence-electron chi connectivity index (χ3n) is 5.61. The van der Waals surface area contributed by atoms with Crippen LogP contribution in [0.15, 0.2) is 42.5 Å². The van der Waals surface area contributed by atoms with Crippen molar-refractivity contribution in [3.63, 3.8) is 0 Å². The minimum atomic E-state index is -3.15. The van der Waals surface area contributed by atoms with Crippen LogP contribution in [0.25, 0.3) is 0 Å². The second kappa shape index (κ2) is 11.8. The molecule has 0 radical (unpaired) electrons. The van der Waals surface area contributed by atoms with E-state index in [1.54, 1.807) is 31.4 Å². The Balaban J connectivity index is 1.52. The molecule has 0 saturated carbocycles. The van der Waals surface area contributed by atoms with Crippen LogP contribution in [0.3, 0.4) is 0 Å². The molecule has 2 amide bonds. The van der Waals surface area contributed by atoms with Gasteiger partial charge >= 0.3 is 5.97 Å². The number of rotatable bonds is 10. The zero-order valence-corrected chi connectivity index (χ0v) is 21.0. The van der Waals surface area contributed by atoms with Crippen molar-refractivity contribution in [2.45, 2.75) is 12.5 Å². The molecule has 3 rings (SSSR count). The van der Waals surface area contributed by atoms with Gasteiger partial charge in [-0.1, -0.05) is 0 Å². The highest BCUT2D eigenvalue weighted by Gasteiger charge is 2.33. The molecule has 1 aliphatic heterocycles. The van der Waals surface area contributed by atoms with E-state index >= 15 is 0 Å². The molecule has 2 aromatic rings. The number of hydrogen-bond donors (Lipinski definition) is 1. The van der Waals surface area contributed by atoms with E-state index in [0.29, 0.717) is 17.9 Å². The Kier molecular flexibility index (Phi) is 8.75. The summed E-state index contributed by atoms with van der Waals surface area (Å²) in [7, 11) is 1.27. The molecule has 0 unspecified atom stereocenters. The van der Waals surface area contributed by atoms with Crippen LogP contribution in [-0.4, -0.2) is 83.1 Å². The monoisotopic (exact) mass is 520 g/mol. The Hall–Kier alpha value is -3.80. The van der Waals surface area contributed by atoms with E-state index in [0.717, 1.165) is 0 Å². The predicted octanol–water partition coefficient (Wildman–Crippen LogP) is 1.52. The van der Waals surface area contributed by atoms with E-state index in [-0.39, 0.29) is 35.2 Å². The molecular formula is C24H28N2O9S. The maximum absolute atomic E-state index is 12.4. The van der Waals surface area contributed by atoms with E-state index in [1.165, 1.54) is 37.3 Å². The van der Waals surface area contributed by atoms with Crippen LogP contribution >= 0.6 is 0 Å². The number of nitrogens with one attached hydrogen (secondary N) is 1. The lowest BCUT2D eigenvalue weighted by molar-refractivity contribution is -0.134. The normalized spacial score (nSPS) is 16.0. The summed E-state index contributed by atoms with van der Waals surface area (Å²) < 4.78 is 44.2.